The molecule has 3 heteroatoms. The lowest BCUT2D eigenvalue weighted by atomic mass is 9.53. The first kappa shape index (κ1) is 21.0. The van der Waals surface area contributed by atoms with Gasteiger partial charge in [0.05, 0.1) is 5.41 Å². The van der Waals surface area contributed by atoms with E-state index in [1.165, 1.54) is 22.3 Å². The van der Waals surface area contributed by atoms with Crippen molar-refractivity contribution in [1.29, 1.82) is 0 Å². The number of fused-ring (bicyclic) bond motifs is 2. The number of carbonyl (C=O) groups is 1. The summed E-state index contributed by atoms with van der Waals surface area (Å²) >= 11 is 0. The van der Waals surface area contributed by atoms with Crippen LogP contribution in [-0.4, -0.2) is 18.4 Å². The number of unbranched alkanes of at least 4 members (excludes halogenated alkanes) is 2. The molecule has 160 valence electrons. The molecule has 0 aromatic heterocycles. The van der Waals surface area contributed by atoms with Crippen molar-refractivity contribution < 1.29 is 14.3 Å². The van der Waals surface area contributed by atoms with E-state index >= 15 is 0 Å². The van der Waals surface area contributed by atoms with Gasteiger partial charge in [-0.05, 0) is 42.0 Å². The van der Waals surface area contributed by atoms with E-state index in [0.717, 1.165) is 38.5 Å². The third-order valence-electron chi connectivity index (χ3n) is 7.46. The Kier molecular flexibility index (Phi) is 5.65. The summed E-state index contributed by atoms with van der Waals surface area (Å²) in [5, 5.41) is 0. The Morgan fingerprint density at radius 1 is 0.800 bits per heavy atom. The third kappa shape index (κ3) is 3.05. The fraction of sp³-hybridized carbons (Fsp3) is 0.519. The number of carbonyl (C=O) groups excluding carboxylic acids is 1. The molecule has 2 aliphatic rings. The highest BCUT2D eigenvalue weighted by Crippen LogP contribution is 2.57. The lowest BCUT2D eigenvalue weighted by molar-refractivity contribution is 0.0174. The zero-order valence-corrected chi connectivity index (χ0v) is 18.7. The second-order valence-electron chi connectivity index (χ2n) is 9.28. The normalized spacial score (nSPS) is 29.7. The first-order valence-electron chi connectivity index (χ1n) is 11.5. The van der Waals surface area contributed by atoms with Crippen LogP contribution in [0, 0.1) is 6.92 Å². The molecule has 3 nitrogen and oxygen atoms in total. The summed E-state index contributed by atoms with van der Waals surface area (Å²) < 4.78 is 12.0. The van der Waals surface area contributed by atoms with Crippen LogP contribution < -0.4 is 0 Å². The monoisotopic (exact) mass is 406 g/mol. The van der Waals surface area contributed by atoms with Gasteiger partial charge in [0.15, 0.2) is 12.2 Å². The Morgan fingerprint density at radius 3 is 2.03 bits per heavy atom. The van der Waals surface area contributed by atoms with Gasteiger partial charge in [-0.15, -0.1) is 0 Å². The zero-order valence-electron chi connectivity index (χ0n) is 18.7. The van der Waals surface area contributed by atoms with E-state index in [-0.39, 0.29) is 23.0 Å². The van der Waals surface area contributed by atoms with Crippen LogP contribution in [0.3, 0.4) is 0 Å². The van der Waals surface area contributed by atoms with E-state index in [9.17, 15) is 4.79 Å². The quantitative estimate of drug-likeness (QED) is 0.472. The number of ether oxygens (including phenoxy) is 2. The van der Waals surface area contributed by atoms with E-state index in [2.05, 4.69) is 76.2 Å². The van der Waals surface area contributed by atoms with E-state index < -0.39 is 6.16 Å². The second-order valence-corrected chi connectivity index (χ2v) is 9.28. The summed E-state index contributed by atoms with van der Waals surface area (Å²) in [5.41, 5.74) is 4.49. The Balaban J connectivity index is 2.02. The SMILES string of the molecule is CCCC[C@@]1(c2ccccc2C)c2ccccc2[C@@](C)(CCCC)[C@H]2OC(=O)O[C@H]21. The van der Waals surface area contributed by atoms with Gasteiger partial charge in [0.2, 0.25) is 0 Å². The molecular weight excluding hydrogens is 372 g/mol. The highest BCUT2D eigenvalue weighted by molar-refractivity contribution is 5.67. The van der Waals surface area contributed by atoms with E-state index in [4.69, 9.17) is 9.47 Å². The van der Waals surface area contributed by atoms with E-state index in [1.807, 2.05) is 0 Å². The molecular formula is C27H34O3. The maximum atomic E-state index is 12.6. The molecule has 0 spiro atoms. The van der Waals surface area contributed by atoms with Crippen LogP contribution in [0.1, 0.15) is 81.5 Å². The van der Waals surface area contributed by atoms with Gasteiger partial charge < -0.3 is 9.47 Å². The summed E-state index contributed by atoms with van der Waals surface area (Å²) in [6, 6.07) is 17.4. The van der Waals surface area contributed by atoms with Crippen molar-refractivity contribution in [3.63, 3.8) is 0 Å². The average molecular weight is 407 g/mol. The Labute approximate surface area is 180 Å². The maximum absolute atomic E-state index is 12.6. The maximum Gasteiger partial charge on any atom is 0.509 e. The molecule has 30 heavy (non-hydrogen) atoms. The number of benzene rings is 2. The van der Waals surface area contributed by atoms with Crippen LogP contribution >= 0.6 is 0 Å². The minimum atomic E-state index is -0.519. The van der Waals surface area contributed by atoms with Crippen molar-refractivity contribution in [3.05, 3.63) is 70.8 Å². The standard InChI is InChI=1S/C27H34O3/c1-5-7-17-26(4)21-15-11-12-16-22(21)27(18-8-6-2,20-14-10-9-13-19(20)3)24-23(26)29-25(28)30-24/h9-16,23-24H,5-8,17-18H2,1-4H3/t23-,24+,26+,27+/m0/s1. The Bertz CT molecular complexity index is 920. The first-order chi connectivity index (χ1) is 14.5. The largest absolute Gasteiger partial charge is 0.509 e. The average Bonchev–Trinajstić information content (AvgIpc) is 3.16. The van der Waals surface area contributed by atoms with Crippen LogP contribution in [0.25, 0.3) is 0 Å². The summed E-state index contributed by atoms with van der Waals surface area (Å²) in [5.74, 6) is 0. The summed E-state index contributed by atoms with van der Waals surface area (Å²) in [6.45, 7) is 8.87. The van der Waals surface area contributed by atoms with Gasteiger partial charge in [-0.3, -0.25) is 0 Å². The minimum Gasteiger partial charge on any atom is -0.426 e. The number of hydrogen-bond donors (Lipinski definition) is 0. The molecule has 0 N–H and O–H groups in total. The van der Waals surface area contributed by atoms with Crippen LogP contribution in [-0.2, 0) is 20.3 Å². The van der Waals surface area contributed by atoms with Crippen LogP contribution in [0.15, 0.2) is 48.5 Å². The van der Waals surface area contributed by atoms with E-state index in [0.29, 0.717) is 0 Å². The predicted octanol–water partition coefficient (Wildman–Crippen LogP) is 6.84. The van der Waals surface area contributed by atoms with Gasteiger partial charge >= 0.3 is 6.16 Å². The molecule has 1 aliphatic heterocycles. The highest BCUT2D eigenvalue weighted by atomic mass is 16.8. The van der Waals surface area contributed by atoms with Crippen molar-refractivity contribution in [2.75, 3.05) is 0 Å². The van der Waals surface area contributed by atoms with Crippen LogP contribution in [0.2, 0.25) is 0 Å². The summed E-state index contributed by atoms with van der Waals surface area (Å²) in [4.78, 5) is 12.6. The third-order valence-corrected chi connectivity index (χ3v) is 7.46. The Hall–Kier alpha value is -2.29. The molecule has 1 fully saturated rings. The molecule has 0 amide bonds. The van der Waals surface area contributed by atoms with Gasteiger partial charge in [0.1, 0.15) is 0 Å². The van der Waals surface area contributed by atoms with Gasteiger partial charge in [0.25, 0.3) is 0 Å². The molecule has 4 atom stereocenters. The molecule has 0 unspecified atom stereocenters. The van der Waals surface area contributed by atoms with Crippen molar-refractivity contribution >= 4 is 6.16 Å². The van der Waals surface area contributed by atoms with Gasteiger partial charge in [-0.1, -0.05) is 95.0 Å². The van der Waals surface area contributed by atoms with Gasteiger partial charge in [-0.2, -0.15) is 0 Å². The van der Waals surface area contributed by atoms with Crippen molar-refractivity contribution in [3.8, 4) is 0 Å². The van der Waals surface area contributed by atoms with Crippen molar-refractivity contribution in [2.24, 2.45) is 0 Å². The topological polar surface area (TPSA) is 35.5 Å². The number of aryl methyl sites for hydroxylation is 1. The van der Waals surface area contributed by atoms with Crippen LogP contribution in [0.4, 0.5) is 4.79 Å². The highest BCUT2D eigenvalue weighted by Gasteiger charge is 2.63. The lowest BCUT2D eigenvalue weighted by Gasteiger charge is -2.52. The van der Waals surface area contributed by atoms with E-state index in [1.54, 1.807) is 0 Å². The molecule has 0 bridgehead atoms. The molecule has 0 saturated carbocycles. The fourth-order valence-corrected chi connectivity index (χ4v) is 5.92. The molecule has 4 rings (SSSR count). The first-order valence-corrected chi connectivity index (χ1v) is 11.5. The van der Waals surface area contributed by atoms with Gasteiger partial charge in [-0.25, -0.2) is 4.79 Å². The second kappa shape index (κ2) is 8.09. The Morgan fingerprint density at radius 2 is 1.37 bits per heavy atom. The summed E-state index contributed by atoms with van der Waals surface area (Å²) in [6.07, 6.45) is 5.18. The molecule has 2 aromatic rings. The molecule has 2 aromatic carbocycles. The van der Waals surface area contributed by atoms with Crippen molar-refractivity contribution in [1.82, 2.24) is 0 Å². The summed E-state index contributed by atoms with van der Waals surface area (Å²) in [7, 11) is 0. The minimum absolute atomic E-state index is 0.248. The predicted molar refractivity (Wildman–Crippen MR) is 120 cm³/mol. The van der Waals surface area contributed by atoms with Crippen LogP contribution in [0.5, 0.6) is 0 Å². The lowest BCUT2D eigenvalue weighted by Crippen LogP contribution is -2.58. The molecule has 1 saturated heterocycles. The number of hydrogen-bond acceptors (Lipinski definition) is 3. The van der Waals surface area contributed by atoms with Gasteiger partial charge in [0, 0.05) is 5.41 Å². The molecule has 0 radical (unpaired) electrons. The molecule has 1 heterocycles. The smallest absolute Gasteiger partial charge is 0.426 e. The van der Waals surface area contributed by atoms with Crippen molar-refractivity contribution in [2.45, 2.75) is 89.3 Å². The fourth-order valence-electron chi connectivity index (χ4n) is 5.92. The molecule has 1 aliphatic carbocycles. The number of rotatable bonds is 7. The zero-order chi connectivity index (χ0) is 21.4.